The highest BCUT2D eigenvalue weighted by Crippen LogP contribution is 2.15. The first-order valence-electron chi connectivity index (χ1n) is 9.85. The van der Waals surface area contributed by atoms with Gasteiger partial charge < -0.3 is 0 Å². The number of benzene rings is 2. The van der Waals surface area contributed by atoms with Crippen LogP contribution in [0.25, 0.3) is 30.4 Å². The lowest BCUT2D eigenvalue weighted by Crippen LogP contribution is -1.81. The highest BCUT2D eigenvalue weighted by molar-refractivity contribution is 5.73. The minimum atomic E-state index is 0.428. The minimum Gasteiger partial charge on any atom is -0.265 e. The van der Waals surface area contributed by atoms with Gasteiger partial charge in [0.15, 0.2) is 0 Å². The van der Waals surface area contributed by atoms with E-state index < -0.39 is 0 Å². The number of nitrogens with zero attached hydrogens (tertiary/aromatic N) is 1. The molecule has 0 radical (unpaired) electrons. The third kappa shape index (κ3) is 5.63. The van der Waals surface area contributed by atoms with Crippen molar-refractivity contribution in [3.63, 3.8) is 0 Å². The van der Waals surface area contributed by atoms with Gasteiger partial charge in [-0.15, -0.1) is 0 Å². The predicted molar refractivity (Wildman–Crippen MR) is 126 cm³/mol. The molecule has 0 saturated carbocycles. The fraction of sp³-hybridized carbons (Fsp3) is 0.0357. The lowest BCUT2D eigenvalue weighted by Gasteiger charge is -1.99. The summed E-state index contributed by atoms with van der Waals surface area (Å²) in [6.07, 6.45) is 25.1. The van der Waals surface area contributed by atoms with Crippen LogP contribution in [0.15, 0.2) is 103 Å². The number of hydrogen-bond donors (Lipinski definition) is 0. The van der Waals surface area contributed by atoms with Crippen molar-refractivity contribution in [3.8, 4) is 0 Å². The van der Waals surface area contributed by atoms with Crippen LogP contribution in [0.1, 0.15) is 27.8 Å². The molecule has 0 fully saturated rings. The summed E-state index contributed by atoms with van der Waals surface area (Å²) in [6.45, 7) is 0. The Morgan fingerprint density at radius 3 is 1.31 bits per heavy atom. The first-order chi connectivity index (χ1) is 14.3. The number of rotatable bonds is 6. The Morgan fingerprint density at radius 2 is 0.862 bits per heavy atom. The zero-order chi connectivity index (χ0) is 19.7. The van der Waals surface area contributed by atoms with Crippen molar-refractivity contribution in [1.29, 1.82) is 0 Å². The minimum absolute atomic E-state index is 0.428. The van der Waals surface area contributed by atoms with Crippen molar-refractivity contribution < 1.29 is 0 Å². The Labute approximate surface area is 172 Å². The van der Waals surface area contributed by atoms with E-state index in [1.54, 1.807) is 12.4 Å². The highest BCUT2D eigenvalue weighted by Gasteiger charge is 1.97. The summed E-state index contributed by atoms with van der Waals surface area (Å²) in [7, 11) is 0. The molecule has 1 aliphatic carbocycles. The summed E-state index contributed by atoms with van der Waals surface area (Å²) >= 11 is 0. The van der Waals surface area contributed by atoms with E-state index in [9.17, 15) is 0 Å². The number of allylic oxidation sites excluding steroid dienone is 5. The zero-order valence-corrected chi connectivity index (χ0v) is 16.2. The van der Waals surface area contributed by atoms with Crippen LogP contribution in [0.5, 0.6) is 0 Å². The molecule has 2 aromatic carbocycles. The first kappa shape index (κ1) is 18.6. The van der Waals surface area contributed by atoms with Crippen LogP contribution in [0.3, 0.4) is 0 Å². The molecule has 1 heteroatoms. The van der Waals surface area contributed by atoms with Crippen molar-refractivity contribution in [2.75, 3.05) is 0 Å². The molecule has 0 bridgehead atoms. The van der Waals surface area contributed by atoms with E-state index >= 15 is 0 Å². The van der Waals surface area contributed by atoms with Gasteiger partial charge in [-0.3, -0.25) is 4.98 Å². The molecule has 0 unspecified atom stereocenters. The number of hydrogen-bond acceptors (Lipinski definition) is 1. The standard InChI is InChI=1S/C28H23N/c1-2-4-23(3-1)5-6-24-7-9-25(10-8-24)11-12-26-13-15-27(16-14-26)17-18-28-19-21-29-22-20-28/h1-23H/b6-5+,12-11+,18-17-. The molecular weight excluding hydrogens is 350 g/mol. The molecule has 1 aromatic heterocycles. The van der Waals surface area contributed by atoms with E-state index in [0.29, 0.717) is 5.92 Å². The van der Waals surface area contributed by atoms with E-state index in [0.717, 1.165) is 5.56 Å². The summed E-state index contributed by atoms with van der Waals surface area (Å²) < 4.78 is 0. The van der Waals surface area contributed by atoms with E-state index in [4.69, 9.17) is 0 Å². The maximum atomic E-state index is 4.04. The van der Waals surface area contributed by atoms with Crippen molar-refractivity contribution in [2.45, 2.75) is 0 Å². The van der Waals surface area contributed by atoms with Crippen molar-refractivity contribution >= 4 is 30.4 Å². The molecule has 1 nitrogen and oxygen atoms in total. The van der Waals surface area contributed by atoms with Gasteiger partial charge in [-0.05, 0) is 39.9 Å². The Kier molecular flexibility index (Phi) is 6.09. The van der Waals surface area contributed by atoms with Gasteiger partial charge in [0.05, 0.1) is 0 Å². The van der Waals surface area contributed by atoms with Crippen LogP contribution in [-0.2, 0) is 0 Å². The second-order valence-corrected chi connectivity index (χ2v) is 6.99. The van der Waals surface area contributed by atoms with Gasteiger partial charge in [0.2, 0.25) is 0 Å². The Morgan fingerprint density at radius 1 is 0.483 bits per heavy atom. The molecule has 3 aromatic rings. The van der Waals surface area contributed by atoms with E-state index in [1.165, 1.54) is 22.3 Å². The summed E-state index contributed by atoms with van der Waals surface area (Å²) in [5.74, 6) is 0.428. The molecule has 4 rings (SSSR count). The van der Waals surface area contributed by atoms with Gasteiger partial charge in [0, 0.05) is 18.3 Å². The average molecular weight is 373 g/mol. The lowest BCUT2D eigenvalue weighted by atomic mass is 10.1. The van der Waals surface area contributed by atoms with Gasteiger partial charge in [0.25, 0.3) is 0 Å². The molecule has 1 heterocycles. The molecule has 0 aliphatic heterocycles. The number of aromatic nitrogens is 1. The van der Waals surface area contributed by atoms with Gasteiger partial charge >= 0.3 is 0 Å². The maximum absolute atomic E-state index is 4.04. The second-order valence-electron chi connectivity index (χ2n) is 6.99. The Balaban J connectivity index is 1.35. The maximum Gasteiger partial charge on any atom is 0.0273 e. The quantitative estimate of drug-likeness (QED) is 0.417. The van der Waals surface area contributed by atoms with Gasteiger partial charge in [-0.1, -0.05) is 109 Å². The zero-order valence-electron chi connectivity index (χ0n) is 16.2. The van der Waals surface area contributed by atoms with Gasteiger partial charge in [0.1, 0.15) is 0 Å². The van der Waals surface area contributed by atoms with E-state index in [1.807, 2.05) is 12.1 Å². The molecule has 0 atom stereocenters. The Hall–Kier alpha value is -3.71. The van der Waals surface area contributed by atoms with Crippen LogP contribution in [0.4, 0.5) is 0 Å². The summed E-state index contributed by atoms with van der Waals surface area (Å²) in [4.78, 5) is 4.04. The molecule has 140 valence electrons. The number of pyridine rings is 1. The van der Waals surface area contributed by atoms with Crippen LogP contribution in [0.2, 0.25) is 0 Å². The van der Waals surface area contributed by atoms with Crippen molar-refractivity contribution in [1.82, 2.24) is 4.98 Å². The van der Waals surface area contributed by atoms with Crippen molar-refractivity contribution in [2.24, 2.45) is 5.92 Å². The summed E-state index contributed by atoms with van der Waals surface area (Å²) in [6, 6.07) is 21.2. The van der Waals surface area contributed by atoms with E-state index in [2.05, 4.69) is 114 Å². The molecule has 0 spiro atoms. The van der Waals surface area contributed by atoms with Crippen LogP contribution < -0.4 is 0 Å². The van der Waals surface area contributed by atoms with Gasteiger partial charge in [-0.2, -0.15) is 0 Å². The van der Waals surface area contributed by atoms with Crippen LogP contribution in [0, 0.1) is 5.92 Å². The molecular formula is C28H23N. The third-order valence-corrected chi connectivity index (χ3v) is 4.80. The summed E-state index contributed by atoms with van der Waals surface area (Å²) in [5.41, 5.74) is 5.95. The van der Waals surface area contributed by atoms with E-state index in [-0.39, 0.29) is 0 Å². The normalized spacial score (nSPS) is 14.1. The van der Waals surface area contributed by atoms with Crippen LogP contribution >= 0.6 is 0 Å². The molecule has 0 N–H and O–H groups in total. The predicted octanol–water partition coefficient (Wildman–Crippen LogP) is 7.18. The fourth-order valence-corrected chi connectivity index (χ4v) is 3.10. The molecule has 1 aliphatic rings. The van der Waals surface area contributed by atoms with Crippen molar-refractivity contribution in [3.05, 3.63) is 131 Å². The average Bonchev–Trinajstić information content (AvgIpc) is 3.31. The monoisotopic (exact) mass is 373 g/mol. The Bertz CT molecular complexity index is 1050. The first-order valence-corrected chi connectivity index (χ1v) is 9.85. The molecule has 0 saturated heterocycles. The summed E-state index contributed by atoms with van der Waals surface area (Å²) in [5, 5.41) is 0. The highest BCUT2D eigenvalue weighted by atomic mass is 14.6. The SMILES string of the molecule is C1=CC(/C=C/c2ccc(/C=C/c3ccc(/C=C\c4ccncc4)cc3)cc2)C=C1. The van der Waals surface area contributed by atoms with Crippen LogP contribution in [-0.4, -0.2) is 4.98 Å². The topological polar surface area (TPSA) is 12.9 Å². The molecule has 0 amide bonds. The third-order valence-electron chi connectivity index (χ3n) is 4.80. The van der Waals surface area contributed by atoms with Gasteiger partial charge in [-0.25, -0.2) is 0 Å². The second kappa shape index (κ2) is 9.48. The smallest absolute Gasteiger partial charge is 0.0273 e. The largest absolute Gasteiger partial charge is 0.265 e. The molecule has 29 heavy (non-hydrogen) atoms. The lowest BCUT2D eigenvalue weighted by molar-refractivity contribution is 1.10. The fourth-order valence-electron chi connectivity index (χ4n) is 3.10.